The molecule has 9 heteroatoms. The van der Waals surface area contributed by atoms with Crippen LogP contribution in [0.4, 0.5) is 5.69 Å². The van der Waals surface area contributed by atoms with Crippen LogP contribution < -0.4 is 10.5 Å². The van der Waals surface area contributed by atoms with Crippen molar-refractivity contribution < 1.29 is 18.3 Å². The Balaban J connectivity index is 2.31. The fraction of sp³-hybridized carbons (Fsp3) is 0.0909. The number of rotatable bonds is 5. The molecule has 1 aromatic carbocycles. The van der Waals surface area contributed by atoms with Gasteiger partial charge in [-0.15, -0.1) is 0 Å². The van der Waals surface area contributed by atoms with Crippen LogP contribution in [-0.4, -0.2) is 29.5 Å². The Morgan fingerprint density at radius 2 is 2.20 bits per heavy atom. The smallest absolute Gasteiger partial charge is 0.337 e. The quantitative estimate of drug-likeness (QED) is 0.580. The zero-order chi connectivity index (χ0) is 14.8. The van der Waals surface area contributed by atoms with E-state index in [0.29, 0.717) is 5.82 Å². The Morgan fingerprint density at radius 1 is 1.45 bits per heavy atom. The second-order valence-corrected chi connectivity index (χ2v) is 5.66. The Labute approximate surface area is 114 Å². The average Bonchev–Trinajstić information content (AvgIpc) is 2.89. The number of hydrogen-bond acceptors (Lipinski definition) is 5. The molecule has 0 radical (unpaired) electrons. The number of hydrogen-bond donors (Lipinski definition) is 4. The van der Waals surface area contributed by atoms with Crippen LogP contribution in [0.3, 0.4) is 0 Å². The molecule has 5 N–H and O–H groups in total. The molecule has 0 amide bonds. The number of carbonyl (C=O) groups is 1. The zero-order valence-electron chi connectivity index (χ0n) is 10.2. The highest BCUT2D eigenvalue weighted by Gasteiger charge is 2.22. The van der Waals surface area contributed by atoms with E-state index < -0.39 is 16.0 Å². The number of nitrogens with two attached hydrogens (primary N) is 1. The van der Waals surface area contributed by atoms with Crippen molar-refractivity contribution in [2.75, 3.05) is 5.73 Å². The third-order valence-electron chi connectivity index (χ3n) is 2.51. The SMILES string of the molecule is Nc1ccc(S(=O)(=O)NCc2ncc[nH]2)c(C(=O)O)c1. The van der Waals surface area contributed by atoms with Gasteiger partial charge >= 0.3 is 5.97 Å². The molecule has 2 aromatic rings. The number of anilines is 1. The molecule has 0 saturated heterocycles. The highest BCUT2D eigenvalue weighted by molar-refractivity contribution is 7.89. The maximum Gasteiger partial charge on any atom is 0.337 e. The second-order valence-electron chi connectivity index (χ2n) is 3.92. The molecule has 1 aromatic heterocycles. The normalized spacial score (nSPS) is 11.4. The molecule has 0 aliphatic carbocycles. The van der Waals surface area contributed by atoms with Crippen LogP contribution in [-0.2, 0) is 16.6 Å². The summed E-state index contributed by atoms with van der Waals surface area (Å²) in [6, 6.07) is 3.58. The van der Waals surface area contributed by atoms with Gasteiger partial charge in [-0.1, -0.05) is 0 Å². The van der Waals surface area contributed by atoms with Gasteiger partial charge in [0.15, 0.2) is 0 Å². The molecule has 0 bridgehead atoms. The van der Waals surface area contributed by atoms with Crippen molar-refractivity contribution in [3.05, 3.63) is 42.0 Å². The van der Waals surface area contributed by atoms with E-state index >= 15 is 0 Å². The monoisotopic (exact) mass is 296 g/mol. The third-order valence-corrected chi connectivity index (χ3v) is 3.97. The largest absolute Gasteiger partial charge is 0.478 e. The standard InChI is InChI=1S/C11H12N4O4S/c12-7-1-2-9(8(5-7)11(16)17)20(18,19)15-6-10-13-3-4-14-10/h1-5,15H,6,12H2,(H,13,14)(H,16,17). The number of aromatic nitrogens is 2. The van der Waals surface area contributed by atoms with E-state index in [2.05, 4.69) is 14.7 Å². The Morgan fingerprint density at radius 3 is 2.80 bits per heavy atom. The molecule has 20 heavy (non-hydrogen) atoms. The Bertz CT molecular complexity index is 725. The number of benzene rings is 1. The molecular formula is C11H12N4O4S. The van der Waals surface area contributed by atoms with Gasteiger partial charge in [-0.2, -0.15) is 0 Å². The predicted octanol–water partition coefficient (Wildman–Crippen LogP) is 0.169. The van der Waals surface area contributed by atoms with E-state index in [9.17, 15) is 13.2 Å². The van der Waals surface area contributed by atoms with Gasteiger partial charge < -0.3 is 15.8 Å². The molecule has 1 heterocycles. The number of imidazole rings is 1. The first-order valence-electron chi connectivity index (χ1n) is 5.51. The topological polar surface area (TPSA) is 138 Å². The lowest BCUT2D eigenvalue weighted by Gasteiger charge is -2.09. The number of aromatic carboxylic acids is 1. The summed E-state index contributed by atoms with van der Waals surface area (Å²) in [6.07, 6.45) is 3.03. The number of carboxylic acids is 1. The van der Waals surface area contributed by atoms with Crippen molar-refractivity contribution in [1.29, 1.82) is 0 Å². The lowest BCUT2D eigenvalue weighted by atomic mass is 10.2. The summed E-state index contributed by atoms with van der Waals surface area (Å²) in [6.45, 7) is -0.0707. The maximum absolute atomic E-state index is 12.1. The predicted molar refractivity (Wildman–Crippen MR) is 70.4 cm³/mol. The van der Waals surface area contributed by atoms with Crippen molar-refractivity contribution >= 4 is 21.7 Å². The van der Waals surface area contributed by atoms with Crippen LogP contribution in [0.25, 0.3) is 0 Å². The van der Waals surface area contributed by atoms with Gasteiger partial charge in [-0.3, -0.25) is 0 Å². The molecular weight excluding hydrogens is 284 g/mol. The summed E-state index contributed by atoms with van der Waals surface area (Å²) in [4.78, 5) is 17.3. The number of sulfonamides is 1. The average molecular weight is 296 g/mol. The molecule has 0 aliphatic rings. The minimum absolute atomic E-state index is 0.0707. The number of H-pyrrole nitrogens is 1. The van der Waals surface area contributed by atoms with Crippen LogP contribution in [0, 0.1) is 0 Å². The van der Waals surface area contributed by atoms with Crippen LogP contribution in [0.1, 0.15) is 16.2 Å². The summed E-state index contributed by atoms with van der Waals surface area (Å²) < 4.78 is 26.5. The van der Waals surface area contributed by atoms with Gasteiger partial charge in [0.25, 0.3) is 0 Å². The molecule has 0 fully saturated rings. The van der Waals surface area contributed by atoms with E-state index in [4.69, 9.17) is 10.8 Å². The zero-order valence-corrected chi connectivity index (χ0v) is 11.0. The molecule has 8 nitrogen and oxygen atoms in total. The summed E-state index contributed by atoms with van der Waals surface area (Å²) in [5, 5.41) is 9.04. The first-order chi connectivity index (χ1) is 9.40. The number of nitrogens with zero attached hydrogens (tertiary/aromatic N) is 1. The van der Waals surface area contributed by atoms with Crippen LogP contribution in [0.5, 0.6) is 0 Å². The van der Waals surface area contributed by atoms with Crippen molar-refractivity contribution in [2.24, 2.45) is 0 Å². The minimum atomic E-state index is -3.98. The highest BCUT2D eigenvalue weighted by atomic mass is 32.2. The number of carboxylic acid groups (broad SMARTS) is 1. The van der Waals surface area contributed by atoms with Crippen molar-refractivity contribution in [2.45, 2.75) is 11.4 Å². The van der Waals surface area contributed by atoms with Gasteiger partial charge in [-0.25, -0.2) is 22.9 Å². The minimum Gasteiger partial charge on any atom is -0.478 e. The fourth-order valence-electron chi connectivity index (χ4n) is 1.58. The lowest BCUT2D eigenvalue weighted by Crippen LogP contribution is -2.25. The molecule has 0 unspecified atom stereocenters. The summed E-state index contributed by atoms with van der Waals surface area (Å²) in [7, 11) is -3.98. The highest BCUT2D eigenvalue weighted by Crippen LogP contribution is 2.19. The summed E-state index contributed by atoms with van der Waals surface area (Å²) in [5.74, 6) is -0.948. The molecule has 106 valence electrons. The molecule has 0 aliphatic heterocycles. The van der Waals surface area contributed by atoms with E-state index in [-0.39, 0.29) is 22.7 Å². The van der Waals surface area contributed by atoms with Crippen molar-refractivity contribution in [3.8, 4) is 0 Å². The maximum atomic E-state index is 12.1. The van der Waals surface area contributed by atoms with Gasteiger partial charge in [-0.05, 0) is 18.2 Å². The van der Waals surface area contributed by atoms with Gasteiger partial charge in [0.05, 0.1) is 17.0 Å². The first-order valence-corrected chi connectivity index (χ1v) is 6.99. The van der Waals surface area contributed by atoms with E-state index in [1.807, 2.05) is 0 Å². The van der Waals surface area contributed by atoms with E-state index in [1.165, 1.54) is 12.3 Å². The van der Waals surface area contributed by atoms with Crippen molar-refractivity contribution in [3.63, 3.8) is 0 Å². The van der Waals surface area contributed by atoms with Crippen LogP contribution in [0.15, 0.2) is 35.5 Å². The fourth-order valence-corrected chi connectivity index (χ4v) is 2.75. The summed E-state index contributed by atoms with van der Waals surface area (Å²) >= 11 is 0. The number of nitrogen functional groups attached to an aromatic ring is 1. The van der Waals surface area contributed by atoms with Crippen LogP contribution in [0.2, 0.25) is 0 Å². The van der Waals surface area contributed by atoms with Gasteiger partial charge in [0.2, 0.25) is 10.0 Å². The number of aromatic amines is 1. The number of nitrogens with one attached hydrogen (secondary N) is 2. The molecule has 0 saturated carbocycles. The Kier molecular flexibility index (Phi) is 3.72. The molecule has 2 rings (SSSR count). The lowest BCUT2D eigenvalue weighted by molar-refractivity contribution is 0.0692. The Hall–Kier alpha value is -2.39. The molecule has 0 atom stereocenters. The molecule has 0 spiro atoms. The van der Waals surface area contributed by atoms with E-state index in [0.717, 1.165) is 12.1 Å². The van der Waals surface area contributed by atoms with Crippen molar-refractivity contribution in [1.82, 2.24) is 14.7 Å². The first kappa shape index (κ1) is 14.0. The van der Waals surface area contributed by atoms with E-state index in [1.54, 1.807) is 6.20 Å². The summed E-state index contributed by atoms with van der Waals surface area (Å²) in [5.41, 5.74) is 5.26. The third kappa shape index (κ3) is 2.95. The van der Waals surface area contributed by atoms with Crippen LogP contribution >= 0.6 is 0 Å². The van der Waals surface area contributed by atoms with Gasteiger partial charge in [0.1, 0.15) is 5.82 Å². The van der Waals surface area contributed by atoms with Gasteiger partial charge in [0, 0.05) is 18.1 Å². The second kappa shape index (κ2) is 5.31.